The first-order valence-corrected chi connectivity index (χ1v) is 7.84. The van der Waals surface area contributed by atoms with E-state index in [9.17, 15) is 4.39 Å². The number of thiophene rings is 1. The molecule has 0 bridgehead atoms. The second-order valence-corrected chi connectivity index (χ2v) is 5.99. The lowest BCUT2D eigenvalue weighted by atomic mass is 10.3. The lowest BCUT2D eigenvalue weighted by molar-refractivity contribution is 0.294. The molecule has 0 fully saturated rings. The molecule has 7 heteroatoms. The summed E-state index contributed by atoms with van der Waals surface area (Å²) in [5, 5.41) is 6.02. The van der Waals surface area contributed by atoms with Crippen LogP contribution >= 0.6 is 27.3 Å². The van der Waals surface area contributed by atoms with Gasteiger partial charge in [-0.25, -0.2) is 14.4 Å². The predicted octanol–water partition coefficient (Wildman–Crippen LogP) is 4.21. The number of hydrogen-bond donors (Lipinski definition) is 1. The van der Waals surface area contributed by atoms with Crippen LogP contribution in [0.4, 0.5) is 10.2 Å². The van der Waals surface area contributed by atoms with Gasteiger partial charge in [-0.2, -0.15) is 0 Å². The van der Waals surface area contributed by atoms with E-state index in [4.69, 9.17) is 4.74 Å². The Hall–Kier alpha value is -1.73. The number of nitrogens with zero attached hydrogens (tertiary/aromatic N) is 2. The number of aromatic nitrogens is 2. The Morgan fingerprint density at radius 3 is 2.95 bits per heavy atom. The van der Waals surface area contributed by atoms with E-state index in [1.807, 2.05) is 18.5 Å². The Labute approximate surface area is 133 Å². The van der Waals surface area contributed by atoms with Gasteiger partial charge in [-0.1, -0.05) is 0 Å². The van der Waals surface area contributed by atoms with E-state index in [2.05, 4.69) is 31.2 Å². The van der Waals surface area contributed by atoms with Gasteiger partial charge < -0.3 is 10.1 Å². The molecular weight excluding hydrogens is 357 g/mol. The minimum absolute atomic E-state index is 0.215. The van der Waals surface area contributed by atoms with Crippen LogP contribution in [0.5, 0.6) is 5.75 Å². The average molecular weight is 368 g/mol. The third kappa shape index (κ3) is 2.98. The highest BCUT2D eigenvalue weighted by Gasteiger charge is 2.09. The highest BCUT2D eigenvalue weighted by molar-refractivity contribution is 9.10. The Morgan fingerprint density at radius 1 is 1.33 bits per heavy atom. The van der Waals surface area contributed by atoms with Gasteiger partial charge in [-0.05, 0) is 45.6 Å². The molecule has 0 amide bonds. The number of anilines is 1. The van der Waals surface area contributed by atoms with E-state index < -0.39 is 0 Å². The molecule has 3 rings (SSSR count). The number of halogens is 2. The zero-order valence-corrected chi connectivity index (χ0v) is 13.5. The van der Waals surface area contributed by atoms with Gasteiger partial charge in [-0.15, -0.1) is 11.3 Å². The van der Waals surface area contributed by atoms with Crippen LogP contribution in [-0.4, -0.2) is 17.0 Å². The highest BCUT2D eigenvalue weighted by atomic mass is 79.9. The summed E-state index contributed by atoms with van der Waals surface area (Å²) in [6, 6.07) is 6.26. The Morgan fingerprint density at radius 2 is 2.19 bits per heavy atom. The quantitative estimate of drug-likeness (QED) is 0.749. The smallest absolute Gasteiger partial charge is 0.169 e. The van der Waals surface area contributed by atoms with E-state index >= 15 is 0 Å². The number of nitrogens with one attached hydrogen (secondary N) is 1. The van der Waals surface area contributed by atoms with Gasteiger partial charge >= 0.3 is 0 Å². The molecule has 0 unspecified atom stereocenters. The van der Waals surface area contributed by atoms with Crippen molar-refractivity contribution in [2.75, 3.05) is 12.4 Å². The predicted molar refractivity (Wildman–Crippen MR) is 85.4 cm³/mol. The van der Waals surface area contributed by atoms with E-state index in [1.165, 1.54) is 12.1 Å². The van der Waals surface area contributed by atoms with E-state index in [-0.39, 0.29) is 12.4 Å². The lowest BCUT2D eigenvalue weighted by Gasteiger charge is -2.09. The molecular formula is C14H11BrFN3OS. The number of hydrogen-bond acceptors (Lipinski definition) is 5. The van der Waals surface area contributed by atoms with Gasteiger partial charge in [0.05, 0.1) is 9.86 Å². The van der Waals surface area contributed by atoms with E-state index in [0.717, 1.165) is 16.0 Å². The number of fused-ring (bicyclic) bond motifs is 1. The summed E-state index contributed by atoms with van der Waals surface area (Å²) in [6.45, 7) is 0.215. The standard InChI is InChI=1S/C14H11BrFN3OS/c1-17-13-9-4-5-21-14(9)19-12(18-13)7-20-11-3-2-8(16)6-10(11)15/h2-6H,7H2,1H3,(H,17,18,19). The lowest BCUT2D eigenvalue weighted by Crippen LogP contribution is -2.04. The molecule has 0 atom stereocenters. The van der Waals surface area contributed by atoms with Crippen LogP contribution in [0.2, 0.25) is 0 Å². The molecule has 0 aliphatic rings. The first-order chi connectivity index (χ1) is 10.2. The average Bonchev–Trinajstić information content (AvgIpc) is 2.93. The minimum Gasteiger partial charge on any atom is -0.484 e. The summed E-state index contributed by atoms with van der Waals surface area (Å²) in [5.74, 6) is 1.59. The fourth-order valence-electron chi connectivity index (χ4n) is 1.89. The van der Waals surface area contributed by atoms with Crippen molar-refractivity contribution in [2.24, 2.45) is 0 Å². The van der Waals surface area contributed by atoms with Crippen molar-refractivity contribution < 1.29 is 9.13 Å². The fraction of sp³-hybridized carbons (Fsp3) is 0.143. The molecule has 0 aliphatic carbocycles. The molecule has 0 spiro atoms. The maximum Gasteiger partial charge on any atom is 0.169 e. The topological polar surface area (TPSA) is 47.0 Å². The van der Waals surface area contributed by atoms with E-state index in [1.54, 1.807) is 17.4 Å². The normalized spacial score (nSPS) is 10.8. The monoisotopic (exact) mass is 367 g/mol. The van der Waals surface area contributed by atoms with Crippen LogP contribution in [0.3, 0.4) is 0 Å². The number of benzene rings is 1. The Kier molecular flexibility index (Phi) is 4.03. The van der Waals surface area contributed by atoms with Gasteiger partial charge in [0.25, 0.3) is 0 Å². The summed E-state index contributed by atoms with van der Waals surface area (Å²) in [7, 11) is 1.82. The Balaban J connectivity index is 1.84. The second kappa shape index (κ2) is 5.95. The zero-order valence-electron chi connectivity index (χ0n) is 11.1. The van der Waals surface area contributed by atoms with Crippen molar-refractivity contribution in [3.05, 3.63) is 45.8 Å². The number of ether oxygens (including phenoxy) is 1. The van der Waals surface area contributed by atoms with Crippen LogP contribution in [0.25, 0.3) is 10.2 Å². The largest absolute Gasteiger partial charge is 0.484 e. The van der Waals surface area contributed by atoms with Crippen LogP contribution < -0.4 is 10.1 Å². The maximum atomic E-state index is 13.0. The molecule has 0 aliphatic heterocycles. The molecule has 21 heavy (non-hydrogen) atoms. The van der Waals surface area contributed by atoms with Crippen LogP contribution in [-0.2, 0) is 6.61 Å². The summed E-state index contributed by atoms with van der Waals surface area (Å²) >= 11 is 4.82. The highest BCUT2D eigenvalue weighted by Crippen LogP contribution is 2.27. The summed E-state index contributed by atoms with van der Waals surface area (Å²) in [6.07, 6.45) is 0. The molecule has 0 saturated carbocycles. The molecule has 2 heterocycles. The fourth-order valence-corrected chi connectivity index (χ4v) is 3.14. The van der Waals surface area contributed by atoms with Crippen LogP contribution in [0, 0.1) is 5.82 Å². The molecule has 1 N–H and O–H groups in total. The molecule has 3 aromatic rings. The summed E-state index contributed by atoms with van der Waals surface area (Å²) in [5.41, 5.74) is 0. The van der Waals surface area contributed by atoms with Gasteiger partial charge in [-0.3, -0.25) is 0 Å². The van der Waals surface area contributed by atoms with Gasteiger partial charge in [0.15, 0.2) is 5.82 Å². The van der Waals surface area contributed by atoms with Crippen LogP contribution in [0.15, 0.2) is 34.1 Å². The Bertz CT molecular complexity index is 793. The van der Waals surface area contributed by atoms with Crippen LogP contribution in [0.1, 0.15) is 5.82 Å². The molecule has 2 aromatic heterocycles. The van der Waals surface area contributed by atoms with E-state index in [0.29, 0.717) is 16.0 Å². The maximum absolute atomic E-state index is 13.0. The van der Waals surface area contributed by atoms with Crippen molar-refractivity contribution in [2.45, 2.75) is 6.61 Å². The summed E-state index contributed by atoms with van der Waals surface area (Å²) in [4.78, 5) is 9.79. The third-order valence-electron chi connectivity index (χ3n) is 2.86. The number of rotatable bonds is 4. The van der Waals surface area contributed by atoms with Crippen molar-refractivity contribution in [3.8, 4) is 5.75 Å². The van der Waals surface area contributed by atoms with Gasteiger partial charge in [0.1, 0.15) is 28.8 Å². The van der Waals surface area contributed by atoms with Crippen molar-refractivity contribution in [1.82, 2.24) is 9.97 Å². The summed E-state index contributed by atoms with van der Waals surface area (Å²) < 4.78 is 19.2. The SMILES string of the molecule is CNc1nc(COc2ccc(F)cc2Br)nc2sccc12. The van der Waals surface area contributed by atoms with Gasteiger partial charge in [0.2, 0.25) is 0 Å². The van der Waals surface area contributed by atoms with Gasteiger partial charge in [0, 0.05) is 7.05 Å². The van der Waals surface area contributed by atoms with Crippen molar-refractivity contribution in [3.63, 3.8) is 0 Å². The molecule has 108 valence electrons. The first kappa shape index (κ1) is 14.2. The second-order valence-electron chi connectivity index (χ2n) is 4.24. The van der Waals surface area contributed by atoms with Crippen molar-refractivity contribution >= 4 is 43.3 Å². The third-order valence-corrected chi connectivity index (χ3v) is 4.29. The first-order valence-electron chi connectivity index (χ1n) is 6.17. The van der Waals surface area contributed by atoms with Crippen molar-refractivity contribution in [1.29, 1.82) is 0 Å². The molecule has 4 nitrogen and oxygen atoms in total. The molecule has 0 radical (unpaired) electrons. The zero-order chi connectivity index (χ0) is 14.8. The minimum atomic E-state index is -0.317. The molecule has 1 aromatic carbocycles. The molecule has 0 saturated heterocycles.